The van der Waals surface area contributed by atoms with Gasteiger partial charge in [-0.15, -0.1) is 0 Å². The van der Waals surface area contributed by atoms with Gasteiger partial charge in [-0.3, -0.25) is 9.59 Å². The summed E-state index contributed by atoms with van der Waals surface area (Å²) in [5.41, 5.74) is 0.820. The van der Waals surface area contributed by atoms with E-state index in [1.54, 1.807) is 18.1 Å². The Bertz CT molecular complexity index is 553. The fourth-order valence-electron chi connectivity index (χ4n) is 2.45. The molecule has 5 heteroatoms. The van der Waals surface area contributed by atoms with Crippen molar-refractivity contribution in [3.8, 4) is 5.75 Å². The van der Waals surface area contributed by atoms with Crippen molar-refractivity contribution in [2.45, 2.75) is 12.8 Å². The Morgan fingerprint density at radius 1 is 1.38 bits per heavy atom. The fourth-order valence-corrected chi connectivity index (χ4v) is 2.45. The normalized spacial score (nSPS) is 18.7. The highest BCUT2D eigenvalue weighted by molar-refractivity contribution is 5.92. The van der Waals surface area contributed by atoms with Gasteiger partial charge < -0.3 is 14.7 Å². The smallest absolute Gasteiger partial charge is 0.308 e. The summed E-state index contributed by atoms with van der Waals surface area (Å²) in [5.74, 6) is -0.751. The van der Waals surface area contributed by atoms with Gasteiger partial charge in [0.1, 0.15) is 5.75 Å². The predicted molar refractivity (Wildman–Crippen MR) is 79.0 cm³/mol. The van der Waals surface area contributed by atoms with E-state index in [1.807, 2.05) is 24.3 Å². The Morgan fingerprint density at radius 3 is 2.86 bits per heavy atom. The Labute approximate surface area is 123 Å². The highest BCUT2D eigenvalue weighted by atomic mass is 16.5. The van der Waals surface area contributed by atoms with E-state index in [-0.39, 0.29) is 12.5 Å². The minimum atomic E-state index is -0.832. The number of carboxylic acid groups (broad SMARTS) is 1. The quantitative estimate of drug-likeness (QED) is 0.861. The molecule has 1 N–H and O–H groups in total. The SMILES string of the molecule is COc1ccccc1/C=C/C(=O)N1CCCC(C(=O)O)C1. The van der Waals surface area contributed by atoms with Crippen LogP contribution in [0.25, 0.3) is 6.08 Å². The topological polar surface area (TPSA) is 66.8 Å². The number of rotatable bonds is 4. The molecule has 1 saturated heterocycles. The highest BCUT2D eigenvalue weighted by Crippen LogP contribution is 2.20. The molecule has 1 atom stereocenters. The number of benzene rings is 1. The molecular weight excluding hydrogens is 270 g/mol. The van der Waals surface area contributed by atoms with Crippen LogP contribution in [0.15, 0.2) is 30.3 Å². The molecule has 0 aliphatic carbocycles. The average Bonchev–Trinajstić information content (AvgIpc) is 2.52. The zero-order chi connectivity index (χ0) is 15.2. The van der Waals surface area contributed by atoms with Crippen LogP contribution in [0, 0.1) is 5.92 Å². The van der Waals surface area contributed by atoms with E-state index >= 15 is 0 Å². The molecule has 0 aromatic heterocycles. The number of aliphatic carboxylic acids is 1. The van der Waals surface area contributed by atoms with Crippen molar-refractivity contribution in [1.82, 2.24) is 4.90 Å². The number of piperidine rings is 1. The molecule has 1 unspecified atom stereocenters. The molecule has 5 nitrogen and oxygen atoms in total. The molecule has 1 fully saturated rings. The Hall–Kier alpha value is -2.30. The lowest BCUT2D eigenvalue weighted by Gasteiger charge is -2.29. The standard InChI is InChI=1S/C16H19NO4/c1-21-14-7-3-2-5-12(14)8-9-15(18)17-10-4-6-13(11-17)16(19)20/h2-3,5,7-9,13H,4,6,10-11H2,1H3,(H,19,20)/b9-8+. The van der Waals surface area contributed by atoms with Gasteiger partial charge in [0.15, 0.2) is 0 Å². The van der Waals surface area contributed by atoms with Crippen LogP contribution < -0.4 is 4.74 Å². The minimum absolute atomic E-state index is 0.160. The second-order valence-corrected chi connectivity index (χ2v) is 5.04. The maximum Gasteiger partial charge on any atom is 0.308 e. The number of amides is 1. The summed E-state index contributed by atoms with van der Waals surface area (Å²) in [6.07, 6.45) is 4.54. The van der Waals surface area contributed by atoms with Gasteiger partial charge in [-0.2, -0.15) is 0 Å². The Morgan fingerprint density at radius 2 is 2.14 bits per heavy atom. The predicted octanol–water partition coefficient (Wildman–Crippen LogP) is 2.03. The lowest BCUT2D eigenvalue weighted by molar-refractivity contribution is -0.144. The van der Waals surface area contributed by atoms with Crippen molar-refractivity contribution in [1.29, 1.82) is 0 Å². The number of hydrogen-bond donors (Lipinski definition) is 1. The number of hydrogen-bond acceptors (Lipinski definition) is 3. The van der Waals surface area contributed by atoms with Crippen molar-refractivity contribution < 1.29 is 19.4 Å². The zero-order valence-electron chi connectivity index (χ0n) is 12.0. The fraction of sp³-hybridized carbons (Fsp3) is 0.375. The maximum absolute atomic E-state index is 12.1. The molecular formula is C16H19NO4. The van der Waals surface area contributed by atoms with Crippen LogP contribution in [0.4, 0.5) is 0 Å². The summed E-state index contributed by atoms with van der Waals surface area (Å²) in [6.45, 7) is 0.892. The molecule has 1 aliphatic rings. The molecule has 1 heterocycles. The largest absolute Gasteiger partial charge is 0.496 e. The molecule has 1 aromatic carbocycles. The lowest BCUT2D eigenvalue weighted by atomic mass is 9.98. The van der Waals surface area contributed by atoms with E-state index < -0.39 is 11.9 Å². The number of para-hydroxylation sites is 1. The van der Waals surface area contributed by atoms with Crippen LogP contribution in [0.3, 0.4) is 0 Å². The Balaban J connectivity index is 2.03. The molecule has 112 valence electrons. The van der Waals surface area contributed by atoms with Crippen LogP contribution in [0.5, 0.6) is 5.75 Å². The van der Waals surface area contributed by atoms with Gasteiger partial charge in [0.05, 0.1) is 13.0 Å². The Kier molecular flexibility index (Phi) is 4.98. The summed E-state index contributed by atoms with van der Waals surface area (Å²) >= 11 is 0. The van der Waals surface area contributed by atoms with Gasteiger partial charge in [0.2, 0.25) is 5.91 Å². The summed E-state index contributed by atoms with van der Waals surface area (Å²) < 4.78 is 5.22. The minimum Gasteiger partial charge on any atom is -0.496 e. The lowest BCUT2D eigenvalue weighted by Crippen LogP contribution is -2.41. The molecule has 1 aliphatic heterocycles. The second kappa shape index (κ2) is 6.92. The molecule has 1 amide bonds. The molecule has 2 rings (SSSR count). The molecule has 0 bridgehead atoms. The molecule has 0 spiro atoms. The number of carboxylic acids is 1. The molecule has 21 heavy (non-hydrogen) atoms. The molecule has 0 saturated carbocycles. The highest BCUT2D eigenvalue weighted by Gasteiger charge is 2.27. The van der Waals surface area contributed by atoms with Gasteiger partial charge in [0, 0.05) is 24.7 Å². The first-order valence-electron chi connectivity index (χ1n) is 6.94. The molecule has 0 radical (unpaired) electrons. The number of ether oxygens (including phenoxy) is 1. The van der Waals surface area contributed by atoms with E-state index in [2.05, 4.69) is 0 Å². The van der Waals surface area contributed by atoms with Crippen molar-refractivity contribution in [2.24, 2.45) is 5.92 Å². The summed E-state index contributed by atoms with van der Waals surface area (Å²) in [7, 11) is 1.58. The van der Waals surface area contributed by atoms with Crippen molar-refractivity contribution in [2.75, 3.05) is 20.2 Å². The van der Waals surface area contributed by atoms with Crippen LogP contribution in [0.1, 0.15) is 18.4 Å². The summed E-state index contributed by atoms with van der Waals surface area (Å²) in [4.78, 5) is 24.7. The second-order valence-electron chi connectivity index (χ2n) is 5.04. The van der Waals surface area contributed by atoms with Crippen molar-refractivity contribution >= 4 is 18.0 Å². The average molecular weight is 289 g/mol. The molecule has 1 aromatic rings. The van der Waals surface area contributed by atoms with Crippen LogP contribution >= 0.6 is 0 Å². The third kappa shape index (κ3) is 3.84. The number of methoxy groups -OCH3 is 1. The number of nitrogens with zero attached hydrogens (tertiary/aromatic N) is 1. The number of carbonyl (C=O) groups excluding carboxylic acids is 1. The third-order valence-corrected chi connectivity index (χ3v) is 3.63. The first-order chi connectivity index (χ1) is 10.1. The summed E-state index contributed by atoms with van der Waals surface area (Å²) in [6, 6.07) is 7.42. The number of likely N-dealkylation sites (tertiary alicyclic amines) is 1. The van der Waals surface area contributed by atoms with E-state index in [4.69, 9.17) is 9.84 Å². The van der Waals surface area contributed by atoms with Gasteiger partial charge in [-0.05, 0) is 25.0 Å². The third-order valence-electron chi connectivity index (χ3n) is 3.63. The van der Waals surface area contributed by atoms with E-state index in [1.165, 1.54) is 6.08 Å². The van der Waals surface area contributed by atoms with Gasteiger partial charge in [-0.1, -0.05) is 18.2 Å². The van der Waals surface area contributed by atoms with Gasteiger partial charge in [0.25, 0.3) is 0 Å². The van der Waals surface area contributed by atoms with Gasteiger partial charge in [-0.25, -0.2) is 0 Å². The van der Waals surface area contributed by atoms with E-state index in [0.717, 1.165) is 12.0 Å². The zero-order valence-corrected chi connectivity index (χ0v) is 12.0. The van der Waals surface area contributed by atoms with E-state index in [9.17, 15) is 9.59 Å². The van der Waals surface area contributed by atoms with E-state index in [0.29, 0.717) is 18.7 Å². The summed E-state index contributed by atoms with van der Waals surface area (Å²) in [5, 5.41) is 9.04. The number of carbonyl (C=O) groups is 2. The first kappa shape index (κ1) is 15.1. The maximum atomic E-state index is 12.1. The van der Waals surface area contributed by atoms with Crippen LogP contribution in [0.2, 0.25) is 0 Å². The monoisotopic (exact) mass is 289 g/mol. The van der Waals surface area contributed by atoms with Crippen molar-refractivity contribution in [3.63, 3.8) is 0 Å². The van der Waals surface area contributed by atoms with Crippen LogP contribution in [-0.4, -0.2) is 42.1 Å². The first-order valence-corrected chi connectivity index (χ1v) is 6.94. The van der Waals surface area contributed by atoms with Gasteiger partial charge >= 0.3 is 5.97 Å². The van der Waals surface area contributed by atoms with Crippen molar-refractivity contribution in [3.05, 3.63) is 35.9 Å². The van der Waals surface area contributed by atoms with Crippen LogP contribution in [-0.2, 0) is 9.59 Å².